The van der Waals surface area contributed by atoms with E-state index in [1.165, 1.54) is 18.8 Å². The van der Waals surface area contributed by atoms with Crippen LogP contribution in [0.3, 0.4) is 0 Å². The second kappa shape index (κ2) is 5.78. The second-order valence-electron chi connectivity index (χ2n) is 8.71. The third-order valence-corrected chi connectivity index (χ3v) is 6.75. The molecule has 0 aromatic carbocycles. The van der Waals surface area contributed by atoms with Gasteiger partial charge >= 0.3 is 0 Å². The minimum atomic E-state index is 0.320. The Hall–Kier alpha value is -2.45. The third-order valence-electron chi connectivity index (χ3n) is 6.75. The number of likely N-dealkylation sites (tertiary alicyclic amines) is 1. The molecule has 3 aromatic rings. The summed E-state index contributed by atoms with van der Waals surface area (Å²) in [6.45, 7) is 8.59. The van der Waals surface area contributed by atoms with Gasteiger partial charge in [-0.25, -0.2) is 4.98 Å². The van der Waals surface area contributed by atoms with Gasteiger partial charge in [-0.05, 0) is 31.7 Å². The van der Waals surface area contributed by atoms with Gasteiger partial charge in [0.2, 0.25) is 0 Å². The number of ether oxygens (including phenoxy) is 1. The van der Waals surface area contributed by atoms with Gasteiger partial charge in [-0.2, -0.15) is 10.2 Å². The van der Waals surface area contributed by atoms with Crippen molar-refractivity contribution in [1.29, 1.82) is 0 Å². The zero-order valence-corrected chi connectivity index (χ0v) is 16.2. The van der Waals surface area contributed by atoms with Crippen LogP contribution in [-0.2, 0) is 4.74 Å². The molecule has 0 amide bonds. The number of aromatic amines is 1. The Morgan fingerprint density at radius 2 is 2.00 bits per heavy atom. The van der Waals surface area contributed by atoms with Crippen LogP contribution < -0.4 is 5.73 Å². The molecular weight excluding hydrogens is 354 g/mol. The van der Waals surface area contributed by atoms with Crippen molar-refractivity contribution in [2.45, 2.75) is 31.8 Å². The Morgan fingerprint density at radius 3 is 2.68 bits per heavy atom. The van der Waals surface area contributed by atoms with Gasteiger partial charge in [-0.3, -0.25) is 14.7 Å². The fraction of sp³-hybridized carbons (Fsp3) is 0.550. The van der Waals surface area contributed by atoms with Crippen molar-refractivity contribution >= 4 is 16.7 Å². The molecule has 3 aromatic heterocycles. The van der Waals surface area contributed by atoms with E-state index in [-0.39, 0.29) is 0 Å². The average molecular weight is 379 g/mol. The first-order chi connectivity index (χ1) is 13.6. The second-order valence-corrected chi connectivity index (χ2v) is 8.71. The molecule has 6 rings (SSSR count). The molecule has 2 unspecified atom stereocenters. The first kappa shape index (κ1) is 16.5. The van der Waals surface area contributed by atoms with E-state index < -0.39 is 0 Å². The standard InChI is InChI=1S/C20H25N7O/c1-10(2)27-17(18-14-6-26(7-15(14)18)11-8-28-9-11)3-16(25-27)12-4-22-20(21)13-5-23-24-19(12)13/h3-5,10-11,14-15,18H,6-9H2,1-2H3,(H2,21,22)(H,23,24). The summed E-state index contributed by atoms with van der Waals surface area (Å²) < 4.78 is 7.57. The lowest BCUT2D eigenvalue weighted by Gasteiger charge is -2.35. The fourth-order valence-electron chi connectivity index (χ4n) is 5.08. The SMILES string of the molecule is CC(C)n1nc(-c2cnc(N)c3cn[nH]c23)cc1C1C2CN(C3COC3)CC21. The van der Waals surface area contributed by atoms with Gasteiger partial charge in [0.25, 0.3) is 0 Å². The maximum Gasteiger partial charge on any atom is 0.134 e. The first-order valence-electron chi connectivity index (χ1n) is 10.1. The highest BCUT2D eigenvalue weighted by Crippen LogP contribution is 2.59. The van der Waals surface area contributed by atoms with Crippen molar-refractivity contribution in [2.24, 2.45) is 11.8 Å². The Kier molecular flexibility index (Phi) is 3.40. The summed E-state index contributed by atoms with van der Waals surface area (Å²) in [5, 5.41) is 13.0. The van der Waals surface area contributed by atoms with Crippen molar-refractivity contribution in [3.63, 3.8) is 0 Å². The lowest BCUT2D eigenvalue weighted by molar-refractivity contribution is -0.0610. The van der Waals surface area contributed by atoms with E-state index in [4.69, 9.17) is 15.6 Å². The van der Waals surface area contributed by atoms with Gasteiger partial charge in [0.15, 0.2) is 0 Å². The fourth-order valence-corrected chi connectivity index (χ4v) is 5.08. The molecule has 0 spiro atoms. The van der Waals surface area contributed by atoms with Crippen LogP contribution in [-0.4, -0.2) is 62.2 Å². The molecule has 28 heavy (non-hydrogen) atoms. The number of nitrogens with zero attached hydrogens (tertiary/aromatic N) is 5. The highest BCUT2D eigenvalue weighted by Gasteiger charge is 2.58. The van der Waals surface area contributed by atoms with Crippen LogP contribution in [0.1, 0.15) is 31.5 Å². The van der Waals surface area contributed by atoms with Gasteiger partial charge in [-0.15, -0.1) is 0 Å². The largest absolute Gasteiger partial charge is 0.383 e. The Balaban J connectivity index is 1.34. The Labute approximate surface area is 163 Å². The zero-order valence-electron chi connectivity index (χ0n) is 16.2. The molecule has 2 saturated heterocycles. The predicted molar refractivity (Wildman–Crippen MR) is 106 cm³/mol. The monoisotopic (exact) mass is 379 g/mol. The number of piperidine rings is 1. The van der Waals surface area contributed by atoms with E-state index in [0.717, 1.165) is 47.2 Å². The predicted octanol–water partition coefficient (Wildman–Crippen LogP) is 2.03. The number of fused-ring (bicyclic) bond motifs is 2. The molecule has 1 saturated carbocycles. The highest BCUT2D eigenvalue weighted by molar-refractivity contribution is 5.97. The maximum atomic E-state index is 5.99. The zero-order chi connectivity index (χ0) is 19.0. The van der Waals surface area contributed by atoms with E-state index in [1.807, 2.05) is 0 Å². The van der Waals surface area contributed by atoms with Gasteiger partial charge in [0.05, 0.1) is 42.0 Å². The number of anilines is 1. The molecule has 2 aliphatic heterocycles. The summed E-state index contributed by atoms with van der Waals surface area (Å²) in [4.78, 5) is 6.97. The van der Waals surface area contributed by atoms with Crippen molar-refractivity contribution in [3.05, 3.63) is 24.2 Å². The van der Waals surface area contributed by atoms with Crippen molar-refractivity contribution in [3.8, 4) is 11.3 Å². The number of H-pyrrole nitrogens is 1. The average Bonchev–Trinajstić information content (AvgIpc) is 3.11. The number of hydrogen-bond acceptors (Lipinski definition) is 6. The van der Waals surface area contributed by atoms with Crippen LogP contribution in [0.5, 0.6) is 0 Å². The van der Waals surface area contributed by atoms with Crippen LogP contribution in [0.4, 0.5) is 5.82 Å². The number of pyridine rings is 1. The molecule has 8 nitrogen and oxygen atoms in total. The summed E-state index contributed by atoms with van der Waals surface area (Å²) in [7, 11) is 0. The molecule has 3 fully saturated rings. The summed E-state index contributed by atoms with van der Waals surface area (Å²) in [5.41, 5.74) is 10.2. The first-order valence-corrected chi connectivity index (χ1v) is 10.1. The number of nitrogens with one attached hydrogen (secondary N) is 1. The molecule has 5 heterocycles. The minimum Gasteiger partial charge on any atom is -0.383 e. The molecule has 2 atom stereocenters. The molecular formula is C20H25N7O. The maximum absolute atomic E-state index is 5.99. The summed E-state index contributed by atoms with van der Waals surface area (Å²) >= 11 is 0. The van der Waals surface area contributed by atoms with Crippen molar-refractivity contribution in [1.82, 2.24) is 29.9 Å². The molecule has 3 aliphatic rings. The molecule has 3 N–H and O–H groups in total. The number of nitrogens with two attached hydrogens (primary N) is 1. The van der Waals surface area contributed by atoms with Crippen LogP contribution >= 0.6 is 0 Å². The molecule has 8 heteroatoms. The molecule has 146 valence electrons. The smallest absolute Gasteiger partial charge is 0.134 e. The van der Waals surface area contributed by atoms with E-state index in [2.05, 4.69) is 44.7 Å². The molecule has 0 radical (unpaired) electrons. The summed E-state index contributed by atoms with van der Waals surface area (Å²) in [5.74, 6) is 2.60. The topological polar surface area (TPSA) is 97.9 Å². The van der Waals surface area contributed by atoms with Gasteiger partial charge in [-0.1, -0.05) is 0 Å². The third kappa shape index (κ3) is 2.28. The molecule has 0 bridgehead atoms. The molecule has 1 aliphatic carbocycles. The summed E-state index contributed by atoms with van der Waals surface area (Å²) in [6, 6.07) is 3.22. The van der Waals surface area contributed by atoms with Crippen LogP contribution in [0, 0.1) is 11.8 Å². The minimum absolute atomic E-state index is 0.320. The van der Waals surface area contributed by atoms with E-state index in [1.54, 1.807) is 12.4 Å². The van der Waals surface area contributed by atoms with Crippen molar-refractivity contribution < 1.29 is 4.74 Å². The van der Waals surface area contributed by atoms with E-state index >= 15 is 0 Å². The normalized spacial score (nSPS) is 27.5. The quantitative estimate of drug-likeness (QED) is 0.720. The Bertz CT molecular complexity index is 1040. The van der Waals surface area contributed by atoms with Crippen LogP contribution in [0.25, 0.3) is 22.2 Å². The van der Waals surface area contributed by atoms with Crippen LogP contribution in [0.2, 0.25) is 0 Å². The lowest BCUT2D eigenvalue weighted by Crippen LogP contribution is -2.48. The van der Waals surface area contributed by atoms with E-state index in [0.29, 0.717) is 23.8 Å². The van der Waals surface area contributed by atoms with Gasteiger partial charge < -0.3 is 10.5 Å². The number of rotatable bonds is 4. The van der Waals surface area contributed by atoms with Gasteiger partial charge in [0, 0.05) is 42.5 Å². The lowest BCUT2D eigenvalue weighted by atomic mass is 10.1. The highest BCUT2D eigenvalue weighted by atomic mass is 16.5. The van der Waals surface area contributed by atoms with Gasteiger partial charge in [0.1, 0.15) is 5.82 Å². The number of aromatic nitrogens is 5. The number of nitrogen functional groups attached to an aromatic ring is 1. The van der Waals surface area contributed by atoms with Crippen molar-refractivity contribution in [2.75, 3.05) is 32.0 Å². The summed E-state index contributed by atoms with van der Waals surface area (Å²) in [6.07, 6.45) is 3.53. The van der Waals surface area contributed by atoms with Crippen LogP contribution in [0.15, 0.2) is 18.5 Å². The number of hydrogen-bond donors (Lipinski definition) is 2. The Morgan fingerprint density at radius 1 is 1.21 bits per heavy atom. The van der Waals surface area contributed by atoms with E-state index in [9.17, 15) is 0 Å².